The maximum Gasteiger partial charge on any atom is 0.121 e. The third-order valence-electron chi connectivity index (χ3n) is 2.68. The topological polar surface area (TPSA) is 38.4 Å². The van der Waals surface area contributed by atoms with Crippen LogP contribution in [-0.2, 0) is 0 Å². The van der Waals surface area contributed by atoms with Gasteiger partial charge in [0.1, 0.15) is 5.84 Å². The van der Waals surface area contributed by atoms with Gasteiger partial charge in [-0.05, 0) is 23.8 Å². The summed E-state index contributed by atoms with van der Waals surface area (Å²) in [4.78, 5) is 4.00. The molecule has 1 aliphatic carbocycles. The molecule has 0 unspecified atom stereocenters. The molecule has 78 valence electrons. The molecule has 0 aliphatic heterocycles. The average Bonchev–Trinajstić information content (AvgIpc) is 2.15. The number of nitrogens with zero attached hydrogens (tertiary/aromatic N) is 1. The largest absolute Gasteiger partial charge is 0.384 e. The second-order valence-corrected chi connectivity index (χ2v) is 4.74. The fourth-order valence-corrected chi connectivity index (χ4v) is 1.62. The van der Waals surface area contributed by atoms with Gasteiger partial charge in [-0.1, -0.05) is 38.5 Å². The molecule has 2 nitrogen and oxygen atoms in total. The van der Waals surface area contributed by atoms with Gasteiger partial charge >= 0.3 is 0 Å². The number of rotatable bonds is 1. The fourth-order valence-electron chi connectivity index (χ4n) is 1.62. The van der Waals surface area contributed by atoms with Gasteiger partial charge in [-0.15, -0.1) is 0 Å². The summed E-state index contributed by atoms with van der Waals surface area (Å²) >= 11 is 0. The maximum absolute atomic E-state index is 5.75. The van der Waals surface area contributed by atoms with Crippen molar-refractivity contribution in [3.05, 3.63) is 23.3 Å². The highest BCUT2D eigenvalue weighted by Gasteiger charge is 2.19. The Balaban J connectivity index is 2.85. The van der Waals surface area contributed by atoms with Crippen LogP contribution in [0.3, 0.4) is 0 Å². The fraction of sp³-hybridized carbons (Fsp3) is 0.583. The lowest BCUT2D eigenvalue weighted by atomic mass is 9.80. The molecule has 0 heterocycles. The second kappa shape index (κ2) is 3.99. The van der Waals surface area contributed by atoms with Gasteiger partial charge in [0.25, 0.3) is 0 Å². The van der Waals surface area contributed by atoms with E-state index < -0.39 is 0 Å². The van der Waals surface area contributed by atoms with E-state index in [1.807, 2.05) is 0 Å². The van der Waals surface area contributed by atoms with Crippen LogP contribution in [0.5, 0.6) is 0 Å². The van der Waals surface area contributed by atoms with Crippen molar-refractivity contribution in [1.82, 2.24) is 0 Å². The molecule has 0 aromatic carbocycles. The maximum atomic E-state index is 5.75. The molecular formula is C12H20N2. The molecule has 14 heavy (non-hydrogen) atoms. The van der Waals surface area contributed by atoms with E-state index in [2.05, 4.69) is 37.9 Å². The summed E-state index contributed by atoms with van der Waals surface area (Å²) in [6.45, 7) is 6.73. The SMILES string of the molecule is CN=C(N)C1=CC=C(C(C)(C)C)CC1. The smallest absolute Gasteiger partial charge is 0.121 e. The Kier molecular flexibility index (Phi) is 3.14. The van der Waals surface area contributed by atoms with Gasteiger partial charge in [-0.2, -0.15) is 0 Å². The Hall–Kier alpha value is -1.05. The van der Waals surface area contributed by atoms with E-state index in [0.29, 0.717) is 5.84 Å². The third-order valence-corrected chi connectivity index (χ3v) is 2.68. The van der Waals surface area contributed by atoms with E-state index in [1.165, 1.54) is 11.1 Å². The van der Waals surface area contributed by atoms with Crippen molar-refractivity contribution in [3.63, 3.8) is 0 Å². The summed E-state index contributed by atoms with van der Waals surface area (Å²) in [5, 5.41) is 0. The summed E-state index contributed by atoms with van der Waals surface area (Å²) in [7, 11) is 1.74. The minimum Gasteiger partial charge on any atom is -0.384 e. The standard InChI is InChI=1S/C12H20N2/c1-12(2,3)10-7-5-9(6-8-10)11(13)14-4/h5,7H,6,8H2,1-4H3,(H2,13,14). The Morgan fingerprint density at radius 1 is 1.29 bits per heavy atom. The number of amidine groups is 1. The zero-order valence-electron chi connectivity index (χ0n) is 9.59. The summed E-state index contributed by atoms with van der Waals surface area (Å²) in [6, 6.07) is 0. The van der Waals surface area contributed by atoms with Crippen molar-refractivity contribution < 1.29 is 0 Å². The quantitative estimate of drug-likeness (QED) is 0.503. The predicted molar refractivity (Wildman–Crippen MR) is 62.4 cm³/mol. The molecule has 1 aliphatic rings. The van der Waals surface area contributed by atoms with Crippen molar-refractivity contribution in [3.8, 4) is 0 Å². The van der Waals surface area contributed by atoms with E-state index in [-0.39, 0.29) is 5.41 Å². The first-order valence-corrected chi connectivity index (χ1v) is 5.08. The van der Waals surface area contributed by atoms with Crippen LogP contribution in [0, 0.1) is 5.41 Å². The van der Waals surface area contributed by atoms with Crippen LogP contribution >= 0.6 is 0 Å². The van der Waals surface area contributed by atoms with Gasteiger partial charge in [-0.3, -0.25) is 4.99 Å². The lowest BCUT2D eigenvalue weighted by Gasteiger charge is -2.25. The summed E-state index contributed by atoms with van der Waals surface area (Å²) < 4.78 is 0. The highest BCUT2D eigenvalue weighted by atomic mass is 14.8. The number of hydrogen-bond acceptors (Lipinski definition) is 1. The van der Waals surface area contributed by atoms with E-state index in [9.17, 15) is 0 Å². The summed E-state index contributed by atoms with van der Waals surface area (Å²) in [5.74, 6) is 0.675. The first kappa shape index (κ1) is 11.0. The molecule has 0 aromatic rings. The van der Waals surface area contributed by atoms with E-state index in [1.54, 1.807) is 7.05 Å². The number of hydrogen-bond donors (Lipinski definition) is 1. The first-order chi connectivity index (χ1) is 6.45. The van der Waals surface area contributed by atoms with Crippen LogP contribution in [0.25, 0.3) is 0 Å². The zero-order chi connectivity index (χ0) is 10.8. The van der Waals surface area contributed by atoms with Crippen LogP contribution in [0.1, 0.15) is 33.6 Å². The highest BCUT2D eigenvalue weighted by molar-refractivity contribution is 5.97. The van der Waals surface area contributed by atoms with Gasteiger partial charge in [-0.25, -0.2) is 0 Å². The van der Waals surface area contributed by atoms with Crippen molar-refractivity contribution in [1.29, 1.82) is 0 Å². The van der Waals surface area contributed by atoms with E-state index >= 15 is 0 Å². The molecule has 0 aromatic heterocycles. The van der Waals surface area contributed by atoms with Crippen LogP contribution in [-0.4, -0.2) is 12.9 Å². The average molecular weight is 192 g/mol. The summed E-state index contributed by atoms with van der Waals surface area (Å²) in [5.41, 5.74) is 8.69. The van der Waals surface area contributed by atoms with Gasteiger partial charge in [0.05, 0.1) is 0 Å². The molecular weight excluding hydrogens is 172 g/mol. The van der Waals surface area contributed by atoms with Crippen molar-refractivity contribution in [2.75, 3.05) is 7.05 Å². The molecule has 0 atom stereocenters. The van der Waals surface area contributed by atoms with Gasteiger partial charge in [0.15, 0.2) is 0 Å². The molecule has 0 fully saturated rings. The molecule has 2 N–H and O–H groups in total. The van der Waals surface area contributed by atoms with E-state index in [0.717, 1.165) is 12.8 Å². The molecule has 0 amide bonds. The predicted octanol–water partition coefficient (Wildman–Crippen LogP) is 2.67. The molecule has 0 saturated carbocycles. The van der Waals surface area contributed by atoms with Crippen molar-refractivity contribution in [2.24, 2.45) is 16.1 Å². The van der Waals surface area contributed by atoms with Gasteiger partial charge in [0.2, 0.25) is 0 Å². The molecule has 2 heteroatoms. The van der Waals surface area contributed by atoms with Crippen LogP contribution in [0.15, 0.2) is 28.3 Å². The first-order valence-electron chi connectivity index (χ1n) is 5.08. The Labute approximate surface area is 86.6 Å². The molecule has 0 bridgehead atoms. The number of allylic oxidation sites excluding steroid dienone is 3. The van der Waals surface area contributed by atoms with Crippen LogP contribution < -0.4 is 5.73 Å². The minimum absolute atomic E-state index is 0.278. The van der Waals surface area contributed by atoms with Crippen molar-refractivity contribution in [2.45, 2.75) is 33.6 Å². The Morgan fingerprint density at radius 2 is 1.93 bits per heavy atom. The number of nitrogens with two attached hydrogens (primary N) is 1. The zero-order valence-corrected chi connectivity index (χ0v) is 9.59. The van der Waals surface area contributed by atoms with Gasteiger partial charge in [0, 0.05) is 7.05 Å². The molecule has 0 radical (unpaired) electrons. The lowest BCUT2D eigenvalue weighted by molar-refractivity contribution is 0.480. The van der Waals surface area contributed by atoms with Crippen molar-refractivity contribution >= 4 is 5.84 Å². The third kappa shape index (κ3) is 2.47. The highest BCUT2D eigenvalue weighted by Crippen LogP contribution is 2.32. The molecule has 0 saturated heterocycles. The van der Waals surface area contributed by atoms with E-state index in [4.69, 9.17) is 5.73 Å². The molecule has 0 spiro atoms. The summed E-state index contributed by atoms with van der Waals surface area (Å²) in [6.07, 6.45) is 6.42. The normalized spacial score (nSPS) is 19.0. The van der Waals surface area contributed by atoms with Crippen LogP contribution in [0.2, 0.25) is 0 Å². The van der Waals surface area contributed by atoms with Gasteiger partial charge < -0.3 is 5.73 Å². The monoisotopic (exact) mass is 192 g/mol. The molecule has 1 rings (SSSR count). The second-order valence-electron chi connectivity index (χ2n) is 4.74. The lowest BCUT2D eigenvalue weighted by Crippen LogP contribution is -2.18. The minimum atomic E-state index is 0.278. The Bertz CT molecular complexity index is 301. The number of aliphatic imine (C=N–C) groups is 1. The Morgan fingerprint density at radius 3 is 2.29 bits per heavy atom. The van der Waals surface area contributed by atoms with Crippen LogP contribution in [0.4, 0.5) is 0 Å².